The van der Waals surface area contributed by atoms with E-state index in [4.69, 9.17) is 43.1 Å². The fourth-order valence-corrected chi connectivity index (χ4v) is 10.8. The second kappa shape index (κ2) is 21.5. The molecule has 1 aliphatic carbocycles. The van der Waals surface area contributed by atoms with Crippen molar-refractivity contribution in [1.82, 2.24) is 39.5 Å². The zero-order valence-electron chi connectivity index (χ0n) is 45.7. The molecule has 0 N–H and O–H groups in total. The second-order valence-corrected chi connectivity index (χ2v) is 22.4. The van der Waals surface area contributed by atoms with Gasteiger partial charge in [-0.1, -0.05) is 30.7 Å². The van der Waals surface area contributed by atoms with Gasteiger partial charge in [0.1, 0.15) is 5.60 Å². The minimum Gasteiger partial charge on any atom is -0.493 e. The number of methoxy groups -OCH3 is 2. The number of rotatable bonds is 13. The highest BCUT2D eigenvalue weighted by molar-refractivity contribution is 5.96. The Morgan fingerprint density at radius 1 is 0.623 bits per heavy atom. The van der Waals surface area contributed by atoms with Crippen LogP contribution in [0.1, 0.15) is 126 Å². The Hall–Kier alpha value is -7.47. The Balaban J connectivity index is 0.000000175. The van der Waals surface area contributed by atoms with Gasteiger partial charge in [-0.05, 0) is 114 Å². The zero-order valence-corrected chi connectivity index (χ0v) is 45.7. The summed E-state index contributed by atoms with van der Waals surface area (Å²) in [6.07, 6.45) is 10.8. The molecule has 11 rings (SSSR count). The largest absolute Gasteiger partial charge is 0.493 e. The molecule has 3 fully saturated rings. The molecule has 0 unspecified atom stereocenters. The Kier molecular flexibility index (Phi) is 14.8. The van der Waals surface area contributed by atoms with Gasteiger partial charge >= 0.3 is 6.09 Å². The number of benzene rings is 4. The summed E-state index contributed by atoms with van der Waals surface area (Å²) in [5.41, 5.74) is 4.89. The fourth-order valence-electron chi connectivity index (χ4n) is 10.8. The molecule has 4 aromatic carbocycles. The first kappa shape index (κ1) is 52.9. The van der Waals surface area contributed by atoms with Crippen LogP contribution in [0.2, 0.25) is 0 Å². The minimum absolute atomic E-state index is 0.0789. The summed E-state index contributed by atoms with van der Waals surface area (Å²) in [7, 11) is 3.11. The van der Waals surface area contributed by atoms with Crippen molar-refractivity contribution in [2.24, 2.45) is 0 Å². The summed E-state index contributed by atoms with van der Waals surface area (Å²) in [5, 5.41) is 0. The molecule has 18 nitrogen and oxygen atoms in total. The normalized spacial score (nSPS) is 19.1. The van der Waals surface area contributed by atoms with E-state index in [1.54, 1.807) is 67.4 Å². The fraction of sp³-hybridized carbons (Fsp3) is 0.475. The minimum atomic E-state index is -0.880. The van der Waals surface area contributed by atoms with Gasteiger partial charge in [0.2, 0.25) is 23.1 Å². The molecule has 2 atom stereocenters. The first-order valence-corrected chi connectivity index (χ1v) is 26.8. The van der Waals surface area contributed by atoms with Crippen LogP contribution in [-0.4, -0.2) is 133 Å². The molecule has 3 amide bonds. The summed E-state index contributed by atoms with van der Waals surface area (Å²) in [5.74, 6) is 0.836. The standard InChI is InChI=1S/C30H36N4O6.C29H34N4O4/c1-29(2,3)40-28(36)34-13-9-10-21(34)18-33(17-20-16-31-22-11-7-8-12-23(22)32-20)27(35)19-14-24(37-6)26-25(15-19)38-30(4,5)39-26;1-29(2)36-26-15-19(14-25(35-3)27(26)37-29)28(34)32(18-22-10-7-13-33(22)21-8-6-9-21)17-20-16-30-23-11-4-5-12-24(23)31-20/h7-8,11-12,14-16,21H,9-10,13,17-18H2,1-6H3;4-5,11-12,14-16,21-22H,6-10,13,17-18H2,1-3H3/t21-;22-/m00/s1. The Morgan fingerprint density at radius 2 is 1.09 bits per heavy atom. The molecule has 2 saturated heterocycles. The van der Waals surface area contributed by atoms with Crippen LogP contribution in [0, 0.1) is 0 Å². The molecule has 0 radical (unpaired) electrons. The lowest BCUT2D eigenvalue weighted by atomic mass is 9.91. The lowest BCUT2D eigenvalue weighted by molar-refractivity contribution is -0.0445. The van der Waals surface area contributed by atoms with Crippen LogP contribution >= 0.6 is 0 Å². The van der Waals surface area contributed by atoms with E-state index in [1.165, 1.54) is 32.8 Å². The van der Waals surface area contributed by atoms with Crippen LogP contribution in [-0.2, 0) is 17.8 Å². The van der Waals surface area contributed by atoms with Crippen LogP contribution < -0.4 is 28.4 Å². The molecule has 77 heavy (non-hydrogen) atoms. The number of ether oxygens (including phenoxy) is 7. The van der Waals surface area contributed by atoms with Crippen molar-refractivity contribution in [3.63, 3.8) is 0 Å². The first-order chi connectivity index (χ1) is 36.8. The second-order valence-electron chi connectivity index (χ2n) is 22.4. The van der Waals surface area contributed by atoms with Gasteiger partial charge < -0.3 is 47.9 Å². The highest BCUT2D eigenvalue weighted by atomic mass is 16.7. The SMILES string of the molecule is COc1cc(C(=O)N(Cc2cnc3ccccc3n2)C[C@@H]2CCCN2C(=O)OC(C)(C)C)cc2c1OC(C)(C)O2.COc1cc(C(=O)N(Cc2cnc3ccccc3n2)C[C@@H]2CCCN2C2CCC2)cc2c1OC(C)(C)O2. The Labute approximate surface area is 449 Å². The molecular formula is C59H70N8O10. The van der Waals surface area contributed by atoms with Crippen LogP contribution in [0.5, 0.6) is 34.5 Å². The zero-order chi connectivity index (χ0) is 54.2. The number of hydrogen-bond donors (Lipinski definition) is 0. The molecule has 6 heterocycles. The highest BCUT2D eigenvalue weighted by Crippen LogP contribution is 2.48. The van der Waals surface area contributed by atoms with Gasteiger partial charge in [0.05, 0.1) is 79.2 Å². The summed E-state index contributed by atoms with van der Waals surface area (Å²) in [6, 6.07) is 23.1. The molecule has 6 aromatic rings. The first-order valence-electron chi connectivity index (χ1n) is 26.8. The van der Waals surface area contributed by atoms with Crippen molar-refractivity contribution in [3.8, 4) is 34.5 Å². The maximum atomic E-state index is 14.1. The summed E-state index contributed by atoms with van der Waals surface area (Å²) in [4.78, 5) is 67.9. The molecule has 2 aromatic heterocycles. The highest BCUT2D eigenvalue weighted by Gasteiger charge is 2.40. The smallest absolute Gasteiger partial charge is 0.410 e. The number of carbonyl (C=O) groups is 3. The topological polar surface area (TPSA) is 180 Å². The van der Waals surface area contributed by atoms with E-state index in [1.807, 2.05) is 88.0 Å². The lowest BCUT2D eigenvalue weighted by Gasteiger charge is -2.40. The third-order valence-electron chi connectivity index (χ3n) is 14.5. The number of carbonyl (C=O) groups excluding carboxylic acids is 3. The predicted octanol–water partition coefficient (Wildman–Crippen LogP) is 9.99. The monoisotopic (exact) mass is 1050 g/mol. The van der Waals surface area contributed by atoms with E-state index in [2.05, 4.69) is 14.9 Å². The maximum Gasteiger partial charge on any atom is 0.410 e. The van der Waals surface area contributed by atoms with E-state index in [-0.39, 0.29) is 30.5 Å². The molecule has 0 spiro atoms. The predicted molar refractivity (Wildman–Crippen MR) is 289 cm³/mol. The quantitative estimate of drug-likeness (QED) is 0.107. The van der Waals surface area contributed by atoms with Crippen molar-refractivity contribution in [2.75, 3.05) is 40.4 Å². The van der Waals surface area contributed by atoms with E-state index in [0.717, 1.165) is 53.6 Å². The van der Waals surface area contributed by atoms with Gasteiger partial charge in [0, 0.05) is 70.5 Å². The lowest BCUT2D eigenvalue weighted by Crippen LogP contribution is -2.48. The van der Waals surface area contributed by atoms with E-state index < -0.39 is 17.2 Å². The van der Waals surface area contributed by atoms with Crippen molar-refractivity contribution in [2.45, 2.75) is 142 Å². The van der Waals surface area contributed by atoms with Crippen LogP contribution in [0.25, 0.3) is 22.1 Å². The average molecular weight is 1050 g/mol. The Morgan fingerprint density at radius 3 is 1.56 bits per heavy atom. The third-order valence-corrected chi connectivity index (χ3v) is 14.5. The summed E-state index contributed by atoms with van der Waals surface area (Å²) < 4.78 is 40.5. The maximum absolute atomic E-state index is 14.1. The van der Waals surface area contributed by atoms with Gasteiger partial charge in [0.15, 0.2) is 23.0 Å². The number of nitrogens with zero attached hydrogens (tertiary/aromatic N) is 8. The van der Waals surface area contributed by atoms with Gasteiger partial charge in [-0.3, -0.25) is 24.5 Å². The molecule has 18 heteroatoms. The van der Waals surface area contributed by atoms with Gasteiger partial charge in [-0.25, -0.2) is 14.8 Å². The van der Waals surface area contributed by atoms with Gasteiger partial charge in [-0.2, -0.15) is 0 Å². The molecule has 1 saturated carbocycles. The van der Waals surface area contributed by atoms with Crippen molar-refractivity contribution < 1.29 is 47.5 Å². The molecule has 5 aliphatic rings. The van der Waals surface area contributed by atoms with Crippen LogP contribution in [0.4, 0.5) is 4.79 Å². The van der Waals surface area contributed by atoms with Crippen LogP contribution in [0.3, 0.4) is 0 Å². The molecule has 406 valence electrons. The third kappa shape index (κ3) is 11.9. The van der Waals surface area contributed by atoms with Crippen molar-refractivity contribution in [3.05, 3.63) is 108 Å². The van der Waals surface area contributed by atoms with Gasteiger partial charge in [0.25, 0.3) is 11.8 Å². The average Bonchev–Trinajstić information content (AvgIpc) is 4.20. The van der Waals surface area contributed by atoms with E-state index in [0.29, 0.717) is 89.6 Å². The Bertz CT molecular complexity index is 3180. The van der Waals surface area contributed by atoms with Crippen LogP contribution in [0.15, 0.2) is 85.2 Å². The van der Waals surface area contributed by atoms with Crippen molar-refractivity contribution in [1.29, 1.82) is 0 Å². The summed E-state index contributed by atoms with van der Waals surface area (Å²) in [6.45, 7) is 16.0. The van der Waals surface area contributed by atoms with E-state index >= 15 is 0 Å². The van der Waals surface area contributed by atoms with Crippen molar-refractivity contribution >= 4 is 40.0 Å². The number of amides is 3. The van der Waals surface area contributed by atoms with E-state index in [9.17, 15) is 14.4 Å². The number of likely N-dealkylation sites (tertiary alicyclic amines) is 2. The molecular weight excluding hydrogens is 981 g/mol. The number of fused-ring (bicyclic) bond motifs is 4. The number of aromatic nitrogens is 4. The molecule has 0 bridgehead atoms. The molecule has 4 aliphatic heterocycles. The number of hydrogen-bond acceptors (Lipinski definition) is 15. The summed E-state index contributed by atoms with van der Waals surface area (Å²) >= 11 is 0. The number of para-hydroxylation sites is 4. The van der Waals surface area contributed by atoms with Gasteiger partial charge in [-0.15, -0.1) is 0 Å².